The smallest absolute Gasteiger partial charge is 0.262 e. The van der Waals surface area contributed by atoms with Crippen LogP contribution in [0.3, 0.4) is 0 Å². The second-order valence-electron chi connectivity index (χ2n) is 9.06. The molecule has 0 bridgehead atoms. The van der Waals surface area contributed by atoms with Crippen LogP contribution >= 0.6 is 0 Å². The van der Waals surface area contributed by atoms with E-state index in [0.29, 0.717) is 22.6 Å². The number of rotatable bonds is 8. The Morgan fingerprint density at radius 3 is 2.52 bits per heavy atom. The number of nitrogens with zero attached hydrogens (tertiary/aromatic N) is 1. The number of piperidine rings is 1. The molecule has 0 aromatic heterocycles. The van der Waals surface area contributed by atoms with E-state index in [2.05, 4.69) is 30.5 Å². The fourth-order valence-corrected chi connectivity index (χ4v) is 4.40. The molecule has 2 heterocycles. The molecule has 2 aromatic rings. The van der Waals surface area contributed by atoms with Gasteiger partial charge in [0.25, 0.3) is 11.8 Å². The molecule has 1 fully saturated rings. The molecule has 2 N–H and O–H groups in total. The molecule has 2 aliphatic rings. The fourth-order valence-electron chi connectivity index (χ4n) is 4.40. The summed E-state index contributed by atoms with van der Waals surface area (Å²) in [5, 5.41) is 5.69. The van der Waals surface area contributed by atoms with Gasteiger partial charge in [0.05, 0.1) is 11.1 Å². The van der Waals surface area contributed by atoms with Gasteiger partial charge >= 0.3 is 0 Å². The zero-order chi connectivity index (χ0) is 23.5. The molecule has 1 unspecified atom stereocenters. The highest BCUT2D eigenvalue weighted by Crippen LogP contribution is 2.35. The van der Waals surface area contributed by atoms with Crippen LogP contribution in [-0.4, -0.2) is 47.7 Å². The van der Waals surface area contributed by atoms with Crippen LogP contribution < -0.4 is 10.6 Å². The third-order valence-electron chi connectivity index (χ3n) is 6.20. The van der Waals surface area contributed by atoms with Crippen molar-refractivity contribution in [1.29, 1.82) is 0 Å². The first-order valence-corrected chi connectivity index (χ1v) is 11.5. The molecule has 2 aromatic carbocycles. The summed E-state index contributed by atoms with van der Waals surface area (Å²) in [7, 11) is 0. The number of carbonyl (C=O) groups excluding carboxylic acids is 4. The maximum Gasteiger partial charge on any atom is 0.262 e. The lowest BCUT2D eigenvalue weighted by atomic mass is 9.95. The van der Waals surface area contributed by atoms with E-state index < -0.39 is 23.8 Å². The van der Waals surface area contributed by atoms with Crippen LogP contribution in [0.15, 0.2) is 42.5 Å². The van der Waals surface area contributed by atoms with Gasteiger partial charge in [-0.25, -0.2) is 0 Å². The molecular weight excluding hydrogens is 418 g/mol. The number of hydrogen-bond donors (Lipinski definition) is 2. The van der Waals surface area contributed by atoms with E-state index in [4.69, 9.17) is 0 Å². The van der Waals surface area contributed by atoms with Crippen molar-refractivity contribution in [3.05, 3.63) is 59.2 Å². The van der Waals surface area contributed by atoms with Crippen LogP contribution in [0.4, 0.5) is 0 Å². The molecule has 2 aliphatic heterocycles. The molecule has 7 nitrogen and oxygen atoms in total. The first-order valence-electron chi connectivity index (χ1n) is 11.5. The minimum Gasteiger partial charge on any atom is -0.316 e. The lowest BCUT2D eigenvalue weighted by Crippen LogP contribution is -2.54. The van der Waals surface area contributed by atoms with Crippen molar-refractivity contribution in [2.24, 2.45) is 5.92 Å². The summed E-state index contributed by atoms with van der Waals surface area (Å²) in [4.78, 5) is 51.3. The van der Waals surface area contributed by atoms with Gasteiger partial charge in [-0.3, -0.25) is 29.4 Å². The van der Waals surface area contributed by atoms with Gasteiger partial charge in [-0.1, -0.05) is 50.2 Å². The Morgan fingerprint density at radius 1 is 1.00 bits per heavy atom. The fraction of sp³-hybridized carbons (Fsp3) is 0.385. The van der Waals surface area contributed by atoms with Crippen molar-refractivity contribution < 1.29 is 19.2 Å². The van der Waals surface area contributed by atoms with Gasteiger partial charge in [-0.2, -0.15) is 0 Å². The summed E-state index contributed by atoms with van der Waals surface area (Å²) in [6, 6.07) is 12.2. The van der Waals surface area contributed by atoms with Gasteiger partial charge in [0.15, 0.2) is 0 Å². The molecule has 1 atom stereocenters. The van der Waals surface area contributed by atoms with Crippen LogP contribution in [0.25, 0.3) is 11.1 Å². The van der Waals surface area contributed by atoms with E-state index in [1.165, 1.54) is 0 Å². The van der Waals surface area contributed by atoms with E-state index >= 15 is 0 Å². The SMILES string of the molecule is CC(C)CCNCCc1cccc(-c2cccc3c2C(=O)N(C2CCC(=O)NC2=O)C3=O)c1. The largest absolute Gasteiger partial charge is 0.316 e. The average Bonchev–Trinajstić information content (AvgIpc) is 3.04. The van der Waals surface area contributed by atoms with Crippen molar-refractivity contribution in [3.63, 3.8) is 0 Å². The zero-order valence-corrected chi connectivity index (χ0v) is 19.0. The van der Waals surface area contributed by atoms with Gasteiger partial charge in [0.1, 0.15) is 6.04 Å². The van der Waals surface area contributed by atoms with E-state index in [0.717, 1.165) is 42.0 Å². The highest BCUT2D eigenvalue weighted by molar-refractivity contribution is 6.25. The molecule has 172 valence electrons. The summed E-state index contributed by atoms with van der Waals surface area (Å²) in [5.41, 5.74) is 3.29. The molecule has 0 radical (unpaired) electrons. The monoisotopic (exact) mass is 447 g/mol. The third-order valence-corrected chi connectivity index (χ3v) is 6.20. The summed E-state index contributed by atoms with van der Waals surface area (Å²) < 4.78 is 0. The Morgan fingerprint density at radius 2 is 1.76 bits per heavy atom. The summed E-state index contributed by atoms with van der Waals surface area (Å²) in [5.74, 6) is -1.29. The molecular formula is C26H29N3O4. The second-order valence-corrected chi connectivity index (χ2v) is 9.06. The standard InChI is InChI=1S/C26H29N3O4/c1-16(2)11-13-27-14-12-17-5-3-6-18(15-17)19-7-4-8-20-23(19)26(33)29(25(20)32)21-9-10-22(30)28-24(21)31/h3-8,15-16,21,27H,9-14H2,1-2H3,(H,28,30,31). The molecule has 33 heavy (non-hydrogen) atoms. The zero-order valence-electron chi connectivity index (χ0n) is 19.0. The van der Waals surface area contributed by atoms with Gasteiger partial charge in [-0.05, 0) is 61.0 Å². The van der Waals surface area contributed by atoms with Crippen LogP contribution in [0.2, 0.25) is 0 Å². The lowest BCUT2D eigenvalue weighted by Gasteiger charge is -2.27. The maximum atomic E-state index is 13.3. The van der Waals surface area contributed by atoms with E-state index in [9.17, 15) is 19.2 Å². The summed E-state index contributed by atoms with van der Waals surface area (Å²) >= 11 is 0. The number of hydrogen-bond acceptors (Lipinski definition) is 5. The van der Waals surface area contributed by atoms with Crippen LogP contribution in [0.1, 0.15) is 59.4 Å². The molecule has 1 saturated heterocycles. The Hall–Kier alpha value is -3.32. The Bertz CT molecular complexity index is 1110. The van der Waals surface area contributed by atoms with Crippen LogP contribution in [-0.2, 0) is 16.0 Å². The average molecular weight is 448 g/mol. The number of nitrogens with one attached hydrogen (secondary N) is 2. The van der Waals surface area contributed by atoms with Crippen LogP contribution in [0.5, 0.6) is 0 Å². The van der Waals surface area contributed by atoms with E-state index in [1.54, 1.807) is 12.1 Å². The molecule has 4 rings (SSSR count). The maximum absolute atomic E-state index is 13.3. The van der Waals surface area contributed by atoms with Crippen molar-refractivity contribution in [1.82, 2.24) is 15.5 Å². The summed E-state index contributed by atoms with van der Waals surface area (Å²) in [6.07, 6.45) is 2.24. The Kier molecular flexibility index (Phi) is 6.70. The Balaban J connectivity index is 1.56. The molecule has 0 saturated carbocycles. The van der Waals surface area contributed by atoms with E-state index in [-0.39, 0.29) is 18.7 Å². The number of fused-ring (bicyclic) bond motifs is 1. The third kappa shape index (κ3) is 4.73. The topological polar surface area (TPSA) is 95.6 Å². The number of benzene rings is 2. The van der Waals surface area contributed by atoms with E-state index in [1.807, 2.05) is 24.3 Å². The first-order chi connectivity index (χ1) is 15.9. The molecule has 4 amide bonds. The highest BCUT2D eigenvalue weighted by atomic mass is 16.2. The van der Waals surface area contributed by atoms with Gasteiger partial charge in [0, 0.05) is 6.42 Å². The minimum atomic E-state index is -0.966. The predicted octanol–water partition coefficient (Wildman–Crippen LogP) is 2.93. The number of amides is 4. The second kappa shape index (κ2) is 9.67. The van der Waals surface area contributed by atoms with Crippen molar-refractivity contribution in [2.45, 2.75) is 45.6 Å². The first kappa shape index (κ1) is 22.9. The molecule has 0 spiro atoms. The van der Waals surface area contributed by atoms with Crippen molar-refractivity contribution in [3.8, 4) is 11.1 Å². The van der Waals surface area contributed by atoms with Gasteiger partial charge in [0.2, 0.25) is 11.8 Å². The van der Waals surface area contributed by atoms with Crippen LogP contribution in [0, 0.1) is 5.92 Å². The summed E-state index contributed by atoms with van der Waals surface area (Å²) in [6.45, 7) is 6.26. The molecule has 0 aliphatic carbocycles. The minimum absolute atomic E-state index is 0.101. The normalized spacial score (nSPS) is 18.2. The predicted molar refractivity (Wildman–Crippen MR) is 125 cm³/mol. The van der Waals surface area contributed by atoms with Crippen molar-refractivity contribution in [2.75, 3.05) is 13.1 Å². The lowest BCUT2D eigenvalue weighted by molar-refractivity contribution is -0.136. The quantitative estimate of drug-likeness (QED) is 0.479. The highest BCUT2D eigenvalue weighted by Gasteiger charge is 2.45. The molecule has 7 heteroatoms. The Labute approximate surface area is 193 Å². The number of imide groups is 2. The van der Waals surface area contributed by atoms with Gasteiger partial charge < -0.3 is 5.32 Å². The number of carbonyl (C=O) groups is 4. The van der Waals surface area contributed by atoms with Crippen molar-refractivity contribution >= 4 is 23.6 Å². The van der Waals surface area contributed by atoms with Gasteiger partial charge in [-0.15, -0.1) is 0 Å².